The molecule has 1 aromatic heterocycles. The van der Waals surface area contributed by atoms with Crippen molar-refractivity contribution in [3.05, 3.63) is 51.7 Å². The number of aryl methyl sites for hydroxylation is 2. The number of hydrogen-bond acceptors (Lipinski definition) is 4. The Morgan fingerprint density at radius 3 is 2.54 bits per heavy atom. The van der Waals surface area contributed by atoms with Crippen LogP contribution in [0.3, 0.4) is 0 Å². The largest absolute Gasteiger partial charge is 0.296 e. The summed E-state index contributed by atoms with van der Waals surface area (Å²) in [6.07, 6.45) is 3.23. The molecule has 0 saturated carbocycles. The Balaban J connectivity index is 1.44. The van der Waals surface area contributed by atoms with Crippen LogP contribution in [0, 0.1) is 0 Å². The summed E-state index contributed by atoms with van der Waals surface area (Å²) >= 11 is 1.76. The van der Waals surface area contributed by atoms with Gasteiger partial charge in [-0.1, -0.05) is 12.1 Å². The van der Waals surface area contributed by atoms with Gasteiger partial charge < -0.3 is 0 Å². The maximum atomic E-state index is 12.9. The normalized spacial score (nSPS) is 19.5. The van der Waals surface area contributed by atoms with Crippen molar-refractivity contribution >= 4 is 21.4 Å². The zero-order chi connectivity index (χ0) is 16.6. The summed E-state index contributed by atoms with van der Waals surface area (Å²) < 4.78 is 27.5. The molecule has 128 valence electrons. The first-order valence-corrected chi connectivity index (χ1v) is 10.8. The number of fused-ring (bicyclic) bond motifs is 1. The molecular weight excluding hydrogens is 340 g/mol. The molecular formula is C18H22N2O2S2. The molecule has 2 aliphatic rings. The molecule has 0 unspecified atom stereocenters. The summed E-state index contributed by atoms with van der Waals surface area (Å²) in [6.45, 7) is 3.66. The molecule has 1 fully saturated rings. The van der Waals surface area contributed by atoms with E-state index in [4.69, 9.17) is 0 Å². The molecule has 4 nitrogen and oxygen atoms in total. The third-order valence-corrected chi connectivity index (χ3v) is 7.75. The van der Waals surface area contributed by atoms with Crippen LogP contribution in [0.4, 0.5) is 0 Å². The minimum absolute atomic E-state index is 0.467. The predicted molar refractivity (Wildman–Crippen MR) is 96.8 cm³/mol. The number of thiophene rings is 1. The minimum atomic E-state index is -3.36. The Morgan fingerprint density at radius 2 is 1.79 bits per heavy atom. The number of piperazine rings is 1. The van der Waals surface area contributed by atoms with Gasteiger partial charge >= 0.3 is 0 Å². The maximum absolute atomic E-state index is 12.9. The number of hydrogen-bond donors (Lipinski definition) is 0. The lowest BCUT2D eigenvalue weighted by molar-refractivity contribution is 0.183. The highest BCUT2D eigenvalue weighted by Crippen LogP contribution is 2.27. The van der Waals surface area contributed by atoms with Gasteiger partial charge in [-0.25, -0.2) is 8.42 Å². The molecule has 0 spiro atoms. The summed E-state index contributed by atoms with van der Waals surface area (Å²) in [4.78, 5) is 4.14. The minimum Gasteiger partial charge on any atom is -0.296 e. The van der Waals surface area contributed by atoms with Crippen LogP contribution in [-0.4, -0.2) is 43.8 Å². The monoisotopic (exact) mass is 362 g/mol. The van der Waals surface area contributed by atoms with Gasteiger partial charge in [0.2, 0.25) is 10.0 Å². The van der Waals surface area contributed by atoms with Crippen molar-refractivity contribution in [1.29, 1.82) is 0 Å². The van der Waals surface area contributed by atoms with Crippen molar-refractivity contribution < 1.29 is 8.42 Å². The maximum Gasteiger partial charge on any atom is 0.243 e. The van der Waals surface area contributed by atoms with Crippen molar-refractivity contribution in [1.82, 2.24) is 9.21 Å². The van der Waals surface area contributed by atoms with Gasteiger partial charge in [-0.3, -0.25) is 4.90 Å². The van der Waals surface area contributed by atoms with Crippen molar-refractivity contribution in [2.75, 3.05) is 26.2 Å². The van der Waals surface area contributed by atoms with Gasteiger partial charge in [0.05, 0.1) is 4.90 Å². The van der Waals surface area contributed by atoms with Crippen molar-refractivity contribution in [2.24, 2.45) is 0 Å². The van der Waals surface area contributed by atoms with Crippen molar-refractivity contribution in [3.63, 3.8) is 0 Å². The Bertz CT molecular complexity index is 808. The van der Waals surface area contributed by atoms with Crippen LogP contribution in [0.1, 0.15) is 22.4 Å². The number of rotatable bonds is 4. The summed E-state index contributed by atoms with van der Waals surface area (Å²) in [5.41, 5.74) is 2.53. The van der Waals surface area contributed by atoms with Gasteiger partial charge in [-0.2, -0.15) is 4.31 Å². The first kappa shape index (κ1) is 16.3. The fourth-order valence-corrected chi connectivity index (χ4v) is 5.83. The molecule has 1 aromatic carbocycles. The van der Waals surface area contributed by atoms with E-state index in [0.717, 1.165) is 38.9 Å². The highest BCUT2D eigenvalue weighted by atomic mass is 32.2. The third-order valence-electron chi connectivity index (χ3n) is 5.00. The summed E-state index contributed by atoms with van der Waals surface area (Å²) in [7, 11) is -3.36. The molecule has 2 aromatic rings. The highest BCUT2D eigenvalue weighted by molar-refractivity contribution is 7.89. The highest BCUT2D eigenvalue weighted by Gasteiger charge is 2.29. The lowest BCUT2D eigenvalue weighted by Gasteiger charge is -2.33. The average molecular weight is 363 g/mol. The Hall–Kier alpha value is -1.21. The molecule has 1 aliphatic carbocycles. The molecule has 6 heteroatoms. The summed E-state index contributed by atoms with van der Waals surface area (Å²) in [5.74, 6) is 0. The Kier molecular flexibility index (Phi) is 4.47. The molecule has 2 heterocycles. The van der Waals surface area contributed by atoms with E-state index >= 15 is 0 Å². The first-order valence-electron chi connectivity index (χ1n) is 8.50. The fourth-order valence-electron chi connectivity index (χ4n) is 3.61. The van der Waals surface area contributed by atoms with Gasteiger partial charge in [-0.15, -0.1) is 11.3 Å². The van der Waals surface area contributed by atoms with Crippen LogP contribution in [-0.2, 0) is 29.4 Å². The lowest BCUT2D eigenvalue weighted by Crippen LogP contribution is -2.48. The van der Waals surface area contributed by atoms with E-state index in [1.165, 1.54) is 16.0 Å². The third kappa shape index (κ3) is 3.16. The number of sulfonamides is 1. The smallest absolute Gasteiger partial charge is 0.243 e. The van der Waals surface area contributed by atoms with E-state index in [-0.39, 0.29) is 0 Å². The van der Waals surface area contributed by atoms with Crippen LogP contribution in [0.2, 0.25) is 0 Å². The molecule has 0 amide bonds. The second-order valence-electron chi connectivity index (χ2n) is 6.54. The average Bonchev–Trinajstić information content (AvgIpc) is 3.25. The van der Waals surface area contributed by atoms with Crippen LogP contribution in [0.15, 0.2) is 40.6 Å². The van der Waals surface area contributed by atoms with E-state index in [1.807, 2.05) is 12.1 Å². The first-order chi connectivity index (χ1) is 11.6. The molecule has 1 aliphatic heterocycles. The van der Waals surface area contributed by atoms with Crippen molar-refractivity contribution in [2.45, 2.75) is 30.7 Å². The molecule has 0 radical (unpaired) electrons. The van der Waals surface area contributed by atoms with Gasteiger partial charge in [-0.05, 0) is 54.0 Å². The summed E-state index contributed by atoms with van der Waals surface area (Å²) in [6, 6.07) is 9.89. The summed E-state index contributed by atoms with van der Waals surface area (Å²) in [5, 5.41) is 2.09. The zero-order valence-electron chi connectivity index (χ0n) is 13.6. The zero-order valence-corrected chi connectivity index (χ0v) is 15.3. The number of nitrogens with zero attached hydrogens (tertiary/aromatic N) is 2. The van der Waals surface area contributed by atoms with E-state index in [9.17, 15) is 8.42 Å². The van der Waals surface area contributed by atoms with Crippen LogP contribution in [0.25, 0.3) is 0 Å². The predicted octanol–water partition coefficient (Wildman–Crippen LogP) is 2.74. The number of benzene rings is 1. The molecule has 4 rings (SSSR count). The van der Waals surface area contributed by atoms with E-state index in [2.05, 4.69) is 22.4 Å². The lowest BCUT2D eigenvalue weighted by atomic mass is 10.1. The molecule has 0 bridgehead atoms. The SMILES string of the molecule is O=S(=O)(c1ccc2c(c1)CCC2)N1CCN(Cc2cccs2)CC1. The fraction of sp³-hybridized carbons (Fsp3) is 0.444. The van der Waals surface area contributed by atoms with Crippen LogP contribution >= 0.6 is 11.3 Å². The standard InChI is InChI=1S/C18H22N2O2S2/c21-24(22,18-7-6-15-3-1-4-16(15)13-18)20-10-8-19(9-11-20)14-17-5-2-12-23-17/h2,5-7,12-13H,1,3-4,8-11,14H2. The van der Waals surface area contributed by atoms with Crippen LogP contribution in [0.5, 0.6) is 0 Å². The van der Waals surface area contributed by atoms with Gasteiger partial charge in [0.1, 0.15) is 0 Å². The topological polar surface area (TPSA) is 40.6 Å². The molecule has 1 saturated heterocycles. The second kappa shape index (κ2) is 6.59. The Labute approximate surface area is 147 Å². The molecule has 0 N–H and O–H groups in total. The van der Waals surface area contributed by atoms with E-state index < -0.39 is 10.0 Å². The Morgan fingerprint density at radius 1 is 1.00 bits per heavy atom. The van der Waals surface area contributed by atoms with Gasteiger partial charge in [0, 0.05) is 37.6 Å². The molecule has 0 atom stereocenters. The second-order valence-corrected chi connectivity index (χ2v) is 9.51. The van der Waals surface area contributed by atoms with E-state index in [0.29, 0.717) is 18.0 Å². The van der Waals surface area contributed by atoms with Gasteiger partial charge in [0.25, 0.3) is 0 Å². The van der Waals surface area contributed by atoms with Crippen molar-refractivity contribution in [3.8, 4) is 0 Å². The van der Waals surface area contributed by atoms with Crippen LogP contribution < -0.4 is 0 Å². The van der Waals surface area contributed by atoms with Gasteiger partial charge in [0.15, 0.2) is 0 Å². The molecule has 24 heavy (non-hydrogen) atoms. The van der Waals surface area contributed by atoms with E-state index in [1.54, 1.807) is 21.7 Å². The quantitative estimate of drug-likeness (QED) is 0.840.